The zero-order valence-corrected chi connectivity index (χ0v) is 9.66. The van der Waals surface area contributed by atoms with E-state index in [1.165, 1.54) is 0 Å². The van der Waals surface area contributed by atoms with E-state index >= 15 is 0 Å². The van der Waals surface area contributed by atoms with Crippen molar-refractivity contribution in [2.24, 2.45) is 5.73 Å². The Bertz CT molecular complexity index is 495. The monoisotopic (exact) mass is 250 g/mol. The topological polar surface area (TPSA) is 82.2 Å². The fraction of sp³-hybridized carbons (Fsp3) is 0.0909. The lowest BCUT2D eigenvalue weighted by molar-refractivity contribution is -0.122. The molecule has 6 heteroatoms. The Morgan fingerprint density at radius 2 is 2.12 bits per heavy atom. The minimum Gasteiger partial charge on any atom is -0.369 e. The van der Waals surface area contributed by atoms with E-state index in [0.717, 1.165) is 10.6 Å². The highest BCUT2D eigenvalue weighted by Gasteiger charge is 2.27. The van der Waals surface area contributed by atoms with Crippen molar-refractivity contribution in [3.8, 4) is 0 Å². The number of guanidine groups is 1. The normalized spacial score (nSPS) is 17.8. The molecule has 0 unspecified atom stereocenters. The maximum Gasteiger partial charge on any atom is 0.272 e. The van der Waals surface area contributed by atoms with Gasteiger partial charge in [0.2, 0.25) is 5.96 Å². The number of carbonyl (C=O) groups excluding carboxylic acids is 1. The maximum absolute atomic E-state index is 11.8. The van der Waals surface area contributed by atoms with Crippen molar-refractivity contribution in [1.29, 1.82) is 5.41 Å². The number of nitrogens with one attached hydrogen (secondary N) is 2. The predicted molar refractivity (Wildman–Crippen MR) is 66.2 cm³/mol. The largest absolute Gasteiger partial charge is 0.369 e. The van der Waals surface area contributed by atoms with Gasteiger partial charge in [0.05, 0.1) is 0 Å². The zero-order chi connectivity index (χ0) is 12.4. The van der Waals surface area contributed by atoms with Crippen LogP contribution in [0, 0.1) is 5.41 Å². The van der Waals surface area contributed by atoms with Crippen LogP contribution in [-0.4, -0.2) is 23.4 Å². The Kier molecular flexibility index (Phi) is 3.12. The van der Waals surface area contributed by atoms with Crippen molar-refractivity contribution in [2.75, 3.05) is 6.54 Å². The summed E-state index contributed by atoms with van der Waals surface area (Å²) >= 11 is 5.77. The highest BCUT2D eigenvalue weighted by molar-refractivity contribution is 6.30. The summed E-state index contributed by atoms with van der Waals surface area (Å²) in [5, 5.41) is 8.86. The van der Waals surface area contributed by atoms with Gasteiger partial charge in [0, 0.05) is 17.1 Å². The Balaban J connectivity index is 2.22. The van der Waals surface area contributed by atoms with Gasteiger partial charge in [-0.3, -0.25) is 10.2 Å². The summed E-state index contributed by atoms with van der Waals surface area (Å²) in [5.74, 6) is -0.609. The highest BCUT2D eigenvalue weighted by atomic mass is 35.5. The third-order valence-electron chi connectivity index (χ3n) is 2.36. The molecule has 0 aromatic heterocycles. The summed E-state index contributed by atoms with van der Waals surface area (Å²) < 4.78 is 0. The number of amides is 1. The molecule has 0 radical (unpaired) electrons. The van der Waals surface area contributed by atoms with Gasteiger partial charge in [0.15, 0.2) is 0 Å². The summed E-state index contributed by atoms with van der Waals surface area (Å²) in [7, 11) is 0. The van der Waals surface area contributed by atoms with Crippen molar-refractivity contribution >= 4 is 29.5 Å². The summed E-state index contributed by atoms with van der Waals surface area (Å²) in [6.07, 6.45) is 1.74. The quantitative estimate of drug-likeness (QED) is 0.395. The molecule has 1 amide bonds. The van der Waals surface area contributed by atoms with Gasteiger partial charge in [-0.15, -0.1) is 0 Å². The molecule has 2 rings (SSSR count). The van der Waals surface area contributed by atoms with Crippen molar-refractivity contribution < 1.29 is 4.79 Å². The van der Waals surface area contributed by atoms with E-state index in [1.54, 1.807) is 18.2 Å². The molecule has 1 aromatic rings. The van der Waals surface area contributed by atoms with E-state index < -0.39 is 0 Å². The lowest BCUT2D eigenvalue weighted by Crippen LogP contribution is -2.44. The number of nitrogens with zero attached hydrogens (tertiary/aromatic N) is 1. The zero-order valence-electron chi connectivity index (χ0n) is 8.90. The van der Waals surface area contributed by atoms with E-state index in [1.807, 2.05) is 12.1 Å². The second-order valence-corrected chi connectivity index (χ2v) is 4.02. The van der Waals surface area contributed by atoms with Crippen molar-refractivity contribution in [3.05, 3.63) is 40.4 Å². The van der Waals surface area contributed by atoms with Crippen LogP contribution in [0.4, 0.5) is 0 Å². The summed E-state index contributed by atoms with van der Waals surface area (Å²) in [4.78, 5) is 11.8. The molecule has 0 aliphatic carbocycles. The van der Waals surface area contributed by atoms with E-state index in [2.05, 4.69) is 5.43 Å². The van der Waals surface area contributed by atoms with Crippen LogP contribution in [-0.2, 0) is 4.79 Å². The molecule has 1 aliphatic rings. The number of carbonyl (C=O) groups is 1. The third-order valence-corrected chi connectivity index (χ3v) is 2.61. The van der Waals surface area contributed by atoms with Gasteiger partial charge in [-0.25, -0.2) is 10.4 Å². The van der Waals surface area contributed by atoms with Crippen LogP contribution in [0.3, 0.4) is 0 Å². The second-order valence-electron chi connectivity index (χ2n) is 3.58. The molecule has 1 aromatic carbocycles. The Labute approximate surface area is 103 Å². The lowest BCUT2D eigenvalue weighted by Gasteiger charge is -2.10. The fourth-order valence-corrected chi connectivity index (χ4v) is 1.65. The lowest BCUT2D eigenvalue weighted by atomic mass is 10.1. The average molecular weight is 251 g/mol. The molecule has 0 atom stereocenters. The Morgan fingerprint density at radius 1 is 1.47 bits per heavy atom. The van der Waals surface area contributed by atoms with Crippen LogP contribution < -0.4 is 11.2 Å². The van der Waals surface area contributed by atoms with Crippen molar-refractivity contribution in [3.63, 3.8) is 0 Å². The van der Waals surface area contributed by atoms with E-state index in [-0.39, 0.29) is 11.9 Å². The molecule has 5 nitrogen and oxygen atoms in total. The van der Waals surface area contributed by atoms with Crippen LogP contribution >= 0.6 is 11.6 Å². The molecule has 0 bridgehead atoms. The number of benzene rings is 1. The first-order chi connectivity index (χ1) is 8.08. The number of hydrogen-bond donors (Lipinski definition) is 3. The van der Waals surface area contributed by atoms with Crippen molar-refractivity contribution in [2.45, 2.75) is 0 Å². The number of rotatable bonds is 1. The van der Waals surface area contributed by atoms with Gasteiger partial charge >= 0.3 is 0 Å². The van der Waals surface area contributed by atoms with Crippen LogP contribution in [0.15, 0.2) is 29.8 Å². The smallest absolute Gasteiger partial charge is 0.272 e. The number of hydrogen-bond acceptors (Lipinski definition) is 3. The molecule has 4 N–H and O–H groups in total. The van der Waals surface area contributed by atoms with Gasteiger partial charge in [-0.2, -0.15) is 0 Å². The first kappa shape index (κ1) is 11.6. The van der Waals surface area contributed by atoms with Gasteiger partial charge in [0.1, 0.15) is 0 Å². The van der Waals surface area contributed by atoms with E-state index in [0.29, 0.717) is 17.1 Å². The summed E-state index contributed by atoms with van der Waals surface area (Å²) in [6, 6.07) is 7.14. The molecule has 88 valence electrons. The molecule has 17 heavy (non-hydrogen) atoms. The van der Waals surface area contributed by atoms with Crippen LogP contribution in [0.5, 0.6) is 0 Å². The fourth-order valence-electron chi connectivity index (χ4n) is 1.52. The predicted octanol–water partition coefficient (Wildman–Crippen LogP) is 0.964. The molecule has 1 heterocycles. The van der Waals surface area contributed by atoms with Gasteiger partial charge in [0.25, 0.3) is 5.91 Å². The van der Waals surface area contributed by atoms with Crippen LogP contribution in [0.1, 0.15) is 5.56 Å². The molecule has 1 saturated heterocycles. The van der Waals surface area contributed by atoms with Gasteiger partial charge in [-0.1, -0.05) is 23.7 Å². The Hall–Kier alpha value is -1.85. The average Bonchev–Trinajstić information content (AvgIpc) is 2.64. The standard InChI is InChI=1S/C11H11ClN4O/c12-9-3-1-7(2-4-9)5-8-6-15-16(10(8)17)11(13)14/h1-5,15H,6H2,(H3,13,14)/b8-5+. The minimum atomic E-state index is -0.311. The van der Waals surface area contributed by atoms with Gasteiger partial charge in [-0.05, 0) is 23.8 Å². The highest BCUT2D eigenvalue weighted by Crippen LogP contribution is 2.15. The molecule has 0 saturated carbocycles. The van der Waals surface area contributed by atoms with Crippen LogP contribution in [0.25, 0.3) is 6.08 Å². The Morgan fingerprint density at radius 3 is 2.65 bits per heavy atom. The molecular formula is C11H11ClN4O. The van der Waals surface area contributed by atoms with E-state index in [4.69, 9.17) is 22.7 Å². The van der Waals surface area contributed by atoms with Gasteiger partial charge < -0.3 is 5.73 Å². The number of hydrazine groups is 1. The summed E-state index contributed by atoms with van der Waals surface area (Å²) in [5.41, 5.74) is 9.41. The van der Waals surface area contributed by atoms with E-state index in [9.17, 15) is 4.79 Å². The molecule has 1 aliphatic heterocycles. The number of halogens is 1. The van der Waals surface area contributed by atoms with Crippen LogP contribution in [0.2, 0.25) is 5.02 Å². The number of nitrogens with two attached hydrogens (primary N) is 1. The molecule has 1 fully saturated rings. The minimum absolute atomic E-state index is 0.299. The first-order valence-electron chi connectivity index (χ1n) is 4.96. The maximum atomic E-state index is 11.8. The third kappa shape index (κ3) is 2.46. The second kappa shape index (κ2) is 4.57. The molecular weight excluding hydrogens is 240 g/mol. The molecule has 0 spiro atoms. The first-order valence-corrected chi connectivity index (χ1v) is 5.34. The SMILES string of the molecule is N=C(N)N1NC/C(=C\c2ccc(Cl)cc2)C1=O. The summed E-state index contributed by atoms with van der Waals surface area (Å²) in [6.45, 7) is 0.362. The van der Waals surface area contributed by atoms with Crippen molar-refractivity contribution in [1.82, 2.24) is 10.4 Å².